The van der Waals surface area contributed by atoms with Gasteiger partial charge in [0.15, 0.2) is 5.82 Å². The molecule has 0 bridgehead atoms. The Bertz CT molecular complexity index is 698. The largest absolute Gasteiger partial charge is 0.347 e. The van der Waals surface area contributed by atoms with E-state index in [1.807, 2.05) is 17.5 Å². The molecule has 0 saturated carbocycles. The molecule has 1 fully saturated rings. The predicted molar refractivity (Wildman–Crippen MR) is 88.2 cm³/mol. The van der Waals surface area contributed by atoms with Crippen molar-refractivity contribution in [1.29, 1.82) is 0 Å². The highest BCUT2D eigenvalue weighted by Gasteiger charge is 2.27. The third kappa shape index (κ3) is 4.19. The number of hydrogen-bond acceptors (Lipinski definition) is 6. The lowest BCUT2D eigenvalue weighted by molar-refractivity contribution is -0.134. The van der Waals surface area contributed by atoms with E-state index in [1.165, 1.54) is 6.92 Å². The van der Waals surface area contributed by atoms with Gasteiger partial charge in [0.2, 0.25) is 17.7 Å². The van der Waals surface area contributed by atoms with Crippen LogP contribution in [0.5, 0.6) is 0 Å². The minimum atomic E-state index is -0.170. The molecule has 2 aromatic heterocycles. The van der Waals surface area contributed by atoms with E-state index in [0.717, 1.165) is 24.3 Å². The third-order valence-corrected chi connectivity index (χ3v) is 4.95. The van der Waals surface area contributed by atoms with E-state index in [4.69, 9.17) is 4.52 Å². The van der Waals surface area contributed by atoms with Crippen molar-refractivity contribution in [3.8, 4) is 0 Å². The van der Waals surface area contributed by atoms with Crippen LogP contribution in [0.4, 0.5) is 0 Å². The van der Waals surface area contributed by atoms with E-state index in [0.29, 0.717) is 24.7 Å². The van der Waals surface area contributed by atoms with Gasteiger partial charge in [-0.15, -0.1) is 11.3 Å². The maximum absolute atomic E-state index is 12.3. The van der Waals surface area contributed by atoms with Gasteiger partial charge in [-0.25, -0.2) is 0 Å². The minimum Gasteiger partial charge on any atom is -0.347 e. The van der Waals surface area contributed by atoms with Crippen LogP contribution in [-0.2, 0) is 22.6 Å². The number of hydrogen-bond donors (Lipinski definition) is 1. The molecule has 0 radical (unpaired) electrons. The zero-order valence-corrected chi connectivity index (χ0v) is 14.3. The Morgan fingerprint density at radius 1 is 1.50 bits per heavy atom. The van der Waals surface area contributed by atoms with E-state index in [9.17, 15) is 9.59 Å². The fourth-order valence-electron chi connectivity index (χ4n) is 2.79. The number of nitrogens with one attached hydrogen (secondary N) is 1. The van der Waals surface area contributed by atoms with Crippen molar-refractivity contribution in [3.63, 3.8) is 0 Å². The van der Waals surface area contributed by atoms with Gasteiger partial charge in [0.1, 0.15) is 0 Å². The second kappa shape index (κ2) is 7.57. The molecule has 1 atom stereocenters. The first-order valence-corrected chi connectivity index (χ1v) is 8.87. The van der Waals surface area contributed by atoms with Gasteiger partial charge in [-0.2, -0.15) is 4.98 Å². The van der Waals surface area contributed by atoms with Gasteiger partial charge < -0.3 is 14.7 Å². The summed E-state index contributed by atoms with van der Waals surface area (Å²) in [5.74, 6) is 0.786. The Hall–Kier alpha value is -2.22. The molecule has 1 N–H and O–H groups in total. The smallest absolute Gasteiger partial charge is 0.246 e. The van der Waals surface area contributed by atoms with Gasteiger partial charge in [0, 0.05) is 31.3 Å². The van der Waals surface area contributed by atoms with Crippen LogP contribution in [0.2, 0.25) is 0 Å². The van der Waals surface area contributed by atoms with Crippen molar-refractivity contribution < 1.29 is 14.1 Å². The molecule has 1 saturated heterocycles. The zero-order valence-electron chi connectivity index (χ0n) is 13.5. The molecule has 0 aromatic carbocycles. The second-order valence-corrected chi connectivity index (χ2v) is 6.91. The van der Waals surface area contributed by atoms with E-state index >= 15 is 0 Å². The molecule has 1 aliphatic heterocycles. The highest BCUT2D eigenvalue weighted by Crippen LogP contribution is 2.17. The molecule has 0 spiro atoms. The molecule has 7 nitrogen and oxygen atoms in total. The van der Waals surface area contributed by atoms with Crippen molar-refractivity contribution in [1.82, 2.24) is 20.4 Å². The monoisotopic (exact) mass is 348 g/mol. The Morgan fingerprint density at radius 2 is 2.38 bits per heavy atom. The average molecular weight is 348 g/mol. The van der Waals surface area contributed by atoms with Crippen LogP contribution >= 0.6 is 11.3 Å². The maximum atomic E-state index is 12.3. The molecule has 8 heteroatoms. The Morgan fingerprint density at radius 3 is 3.12 bits per heavy atom. The first-order chi connectivity index (χ1) is 11.6. The van der Waals surface area contributed by atoms with Gasteiger partial charge in [-0.1, -0.05) is 11.2 Å². The van der Waals surface area contributed by atoms with Gasteiger partial charge in [-0.05, 0) is 24.3 Å². The number of aromatic nitrogens is 2. The molecule has 128 valence electrons. The van der Waals surface area contributed by atoms with Gasteiger partial charge in [-0.3, -0.25) is 9.59 Å². The normalized spacial score (nSPS) is 17.7. The summed E-state index contributed by atoms with van der Waals surface area (Å²) in [6.45, 7) is 2.96. The number of likely N-dealkylation sites (tertiary alicyclic amines) is 1. The third-order valence-electron chi connectivity index (χ3n) is 4.07. The summed E-state index contributed by atoms with van der Waals surface area (Å²) >= 11 is 1.64. The molecule has 0 unspecified atom stereocenters. The van der Waals surface area contributed by atoms with E-state index in [1.54, 1.807) is 16.2 Å². The van der Waals surface area contributed by atoms with Crippen LogP contribution in [0.25, 0.3) is 0 Å². The highest BCUT2D eigenvalue weighted by molar-refractivity contribution is 7.09. The molecule has 2 amide bonds. The average Bonchev–Trinajstić information content (AvgIpc) is 3.25. The highest BCUT2D eigenvalue weighted by atomic mass is 32.1. The lowest BCUT2D eigenvalue weighted by Gasteiger charge is -2.31. The van der Waals surface area contributed by atoms with Crippen LogP contribution < -0.4 is 5.32 Å². The maximum Gasteiger partial charge on any atom is 0.246 e. The summed E-state index contributed by atoms with van der Waals surface area (Å²) in [4.78, 5) is 30.9. The van der Waals surface area contributed by atoms with Crippen molar-refractivity contribution >= 4 is 23.2 Å². The number of amides is 2. The van der Waals surface area contributed by atoms with Crippen molar-refractivity contribution in [3.05, 3.63) is 34.1 Å². The number of carbonyl (C=O) groups is 2. The van der Waals surface area contributed by atoms with Gasteiger partial charge in [0.25, 0.3) is 0 Å². The lowest BCUT2D eigenvalue weighted by atomic mass is 9.97. The van der Waals surface area contributed by atoms with Crippen molar-refractivity contribution in [2.24, 2.45) is 5.92 Å². The Balaban J connectivity index is 1.49. The molecular weight excluding hydrogens is 328 g/mol. The van der Waals surface area contributed by atoms with Crippen molar-refractivity contribution in [2.75, 3.05) is 13.1 Å². The fourth-order valence-corrected chi connectivity index (χ4v) is 3.49. The summed E-state index contributed by atoms with van der Waals surface area (Å²) in [5.41, 5.74) is 0. The fraction of sp³-hybridized carbons (Fsp3) is 0.500. The van der Waals surface area contributed by atoms with E-state index in [-0.39, 0.29) is 24.3 Å². The number of piperidine rings is 1. The topological polar surface area (TPSA) is 88.3 Å². The van der Waals surface area contributed by atoms with Crippen LogP contribution in [0.1, 0.15) is 36.4 Å². The summed E-state index contributed by atoms with van der Waals surface area (Å²) in [6.07, 6.45) is 2.28. The number of nitrogens with zero attached hydrogens (tertiary/aromatic N) is 3. The van der Waals surface area contributed by atoms with Crippen LogP contribution in [-0.4, -0.2) is 39.9 Å². The minimum absolute atomic E-state index is 0.0163. The molecule has 3 rings (SSSR count). The van der Waals surface area contributed by atoms with E-state index in [2.05, 4.69) is 15.5 Å². The Kier molecular flexibility index (Phi) is 5.24. The molecule has 2 aromatic rings. The van der Waals surface area contributed by atoms with Crippen LogP contribution in [0.3, 0.4) is 0 Å². The van der Waals surface area contributed by atoms with Crippen LogP contribution in [0, 0.1) is 5.92 Å². The molecule has 0 aliphatic carbocycles. The second-order valence-electron chi connectivity index (χ2n) is 5.88. The quantitative estimate of drug-likeness (QED) is 0.886. The summed E-state index contributed by atoms with van der Waals surface area (Å²) in [7, 11) is 0. The Labute approximate surface area is 144 Å². The number of thiophene rings is 1. The number of carbonyl (C=O) groups excluding carboxylic acids is 2. The first kappa shape index (κ1) is 16.6. The SMILES string of the molecule is CC(=O)N1CCC[C@@H](C(=O)NCc2nc(Cc3cccs3)no2)C1. The van der Waals surface area contributed by atoms with Crippen LogP contribution in [0.15, 0.2) is 22.0 Å². The summed E-state index contributed by atoms with van der Waals surface area (Å²) in [6, 6.07) is 4.00. The van der Waals surface area contributed by atoms with Gasteiger partial charge >= 0.3 is 0 Å². The van der Waals surface area contributed by atoms with Gasteiger partial charge in [0.05, 0.1) is 12.5 Å². The first-order valence-electron chi connectivity index (χ1n) is 7.99. The lowest BCUT2D eigenvalue weighted by Crippen LogP contribution is -2.44. The predicted octanol–water partition coefficient (Wildman–Crippen LogP) is 1.60. The summed E-state index contributed by atoms with van der Waals surface area (Å²) < 4.78 is 5.17. The molecule has 1 aliphatic rings. The number of rotatable bonds is 5. The van der Waals surface area contributed by atoms with E-state index < -0.39 is 0 Å². The zero-order chi connectivity index (χ0) is 16.9. The molecular formula is C16H20N4O3S. The molecule has 24 heavy (non-hydrogen) atoms. The van der Waals surface area contributed by atoms with Crippen molar-refractivity contribution in [2.45, 2.75) is 32.7 Å². The standard InChI is InChI=1S/C16H20N4O3S/c1-11(21)20-6-2-4-12(10-20)16(22)17-9-15-18-14(19-23-15)8-13-5-3-7-24-13/h3,5,7,12H,2,4,6,8-10H2,1H3,(H,17,22)/t12-/m1/s1. The molecule has 3 heterocycles. The summed E-state index contributed by atoms with van der Waals surface area (Å²) in [5, 5.41) is 8.77.